The molecule has 2 saturated heterocycles. The Morgan fingerprint density at radius 1 is 1.32 bits per heavy atom. The van der Waals surface area contributed by atoms with Crippen LogP contribution in [0.1, 0.15) is 30.9 Å². The molecule has 2 aliphatic rings. The maximum absolute atomic E-state index is 12.4. The summed E-state index contributed by atoms with van der Waals surface area (Å²) >= 11 is 0. The Bertz CT molecular complexity index is 549. The van der Waals surface area contributed by atoms with Gasteiger partial charge < -0.3 is 15.0 Å². The summed E-state index contributed by atoms with van der Waals surface area (Å²) < 4.78 is 5.86. The number of carbonyl (C=O) groups excluding carboxylic acids is 1. The first-order chi connectivity index (χ1) is 12.1. The standard InChI is InChI=1S/C20H31N3O2/c1-22(2)18(16-7-4-3-5-8-16)13-21-20(24)15-23-11-10-19-17(14-23)9-6-12-25-19/h3-5,7-8,17-19H,6,9-15H2,1-2H3,(H,21,24). The van der Waals surface area contributed by atoms with E-state index in [9.17, 15) is 4.79 Å². The topological polar surface area (TPSA) is 44.8 Å². The molecule has 0 bridgehead atoms. The van der Waals surface area contributed by atoms with Crippen molar-refractivity contribution in [3.05, 3.63) is 35.9 Å². The molecule has 3 rings (SSSR count). The molecule has 1 aromatic carbocycles. The number of nitrogens with one attached hydrogen (secondary N) is 1. The van der Waals surface area contributed by atoms with Crippen LogP contribution in [0.2, 0.25) is 0 Å². The number of piperidine rings is 1. The summed E-state index contributed by atoms with van der Waals surface area (Å²) in [7, 11) is 4.11. The van der Waals surface area contributed by atoms with E-state index in [1.54, 1.807) is 0 Å². The fraction of sp³-hybridized carbons (Fsp3) is 0.650. The van der Waals surface area contributed by atoms with Gasteiger partial charge in [-0.25, -0.2) is 0 Å². The number of ether oxygens (including phenoxy) is 1. The zero-order valence-electron chi connectivity index (χ0n) is 15.5. The molecule has 5 nitrogen and oxygen atoms in total. The predicted molar refractivity (Wildman–Crippen MR) is 99.4 cm³/mol. The maximum atomic E-state index is 12.4. The Kier molecular flexibility index (Phi) is 6.45. The summed E-state index contributed by atoms with van der Waals surface area (Å²) in [5.74, 6) is 0.729. The molecule has 3 atom stereocenters. The second kappa shape index (κ2) is 8.79. The van der Waals surface area contributed by atoms with Crippen LogP contribution in [0, 0.1) is 5.92 Å². The molecular formula is C20H31N3O2. The number of carbonyl (C=O) groups is 1. The minimum absolute atomic E-state index is 0.123. The normalized spacial score (nSPS) is 25.4. The van der Waals surface area contributed by atoms with E-state index in [-0.39, 0.29) is 11.9 Å². The summed E-state index contributed by atoms with van der Waals surface area (Å²) in [4.78, 5) is 16.9. The zero-order valence-corrected chi connectivity index (χ0v) is 15.5. The first-order valence-electron chi connectivity index (χ1n) is 9.45. The number of rotatable bonds is 6. The highest BCUT2D eigenvalue weighted by Gasteiger charge is 2.32. The van der Waals surface area contributed by atoms with Crippen molar-refractivity contribution >= 4 is 5.91 Å². The summed E-state index contributed by atoms with van der Waals surface area (Å²) in [6.45, 7) is 4.00. The Hall–Kier alpha value is -1.43. The van der Waals surface area contributed by atoms with Gasteiger partial charge in [0, 0.05) is 26.2 Å². The van der Waals surface area contributed by atoms with Gasteiger partial charge in [-0.3, -0.25) is 9.69 Å². The van der Waals surface area contributed by atoms with Crippen molar-refractivity contribution in [2.75, 3.05) is 46.9 Å². The molecule has 2 aliphatic heterocycles. The van der Waals surface area contributed by atoms with Crippen molar-refractivity contribution in [1.29, 1.82) is 0 Å². The molecule has 25 heavy (non-hydrogen) atoms. The third kappa shape index (κ3) is 5.03. The second-order valence-corrected chi connectivity index (χ2v) is 7.53. The summed E-state index contributed by atoms with van der Waals surface area (Å²) in [6.07, 6.45) is 3.87. The minimum atomic E-state index is 0.123. The lowest BCUT2D eigenvalue weighted by atomic mass is 9.88. The van der Waals surface area contributed by atoms with Crippen molar-refractivity contribution in [3.63, 3.8) is 0 Å². The number of fused-ring (bicyclic) bond motifs is 1. The Balaban J connectivity index is 1.47. The molecule has 1 aromatic rings. The van der Waals surface area contributed by atoms with Gasteiger partial charge in [-0.2, -0.15) is 0 Å². The van der Waals surface area contributed by atoms with Crippen molar-refractivity contribution in [2.45, 2.75) is 31.4 Å². The molecule has 0 aliphatic carbocycles. The average molecular weight is 345 g/mol. The fourth-order valence-corrected chi connectivity index (χ4v) is 4.05. The Morgan fingerprint density at radius 3 is 2.88 bits per heavy atom. The Morgan fingerprint density at radius 2 is 2.12 bits per heavy atom. The van der Waals surface area contributed by atoms with Gasteiger partial charge in [0.15, 0.2) is 0 Å². The molecule has 0 spiro atoms. The Labute approximate surface area is 151 Å². The molecular weight excluding hydrogens is 314 g/mol. The summed E-state index contributed by atoms with van der Waals surface area (Å²) in [6, 6.07) is 10.5. The van der Waals surface area contributed by atoms with E-state index in [4.69, 9.17) is 4.74 Å². The highest BCUT2D eigenvalue weighted by molar-refractivity contribution is 5.78. The molecule has 0 radical (unpaired) electrons. The number of nitrogens with zero attached hydrogens (tertiary/aromatic N) is 2. The van der Waals surface area contributed by atoms with Crippen LogP contribution in [0.3, 0.4) is 0 Å². The number of likely N-dealkylation sites (tertiary alicyclic amines) is 1. The van der Waals surface area contributed by atoms with Gasteiger partial charge in [0.2, 0.25) is 5.91 Å². The van der Waals surface area contributed by atoms with Gasteiger partial charge in [-0.15, -0.1) is 0 Å². The van der Waals surface area contributed by atoms with Gasteiger partial charge in [0.1, 0.15) is 0 Å². The molecule has 2 heterocycles. The molecule has 138 valence electrons. The van der Waals surface area contributed by atoms with Gasteiger partial charge in [-0.1, -0.05) is 30.3 Å². The van der Waals surface area contributed by atoms with E-state index in [1.165, 1.54) is 12.0 Å². The predicted octanol–water partition coefficient (Wildman–Crippen LogP) is 1.91. The zero-order chi connectivity index (χ0) is 17.6. The van der Waals surface area contributed by atoms with Crippen LogP contribution in [0.15, 0.2) is 30.3 Å². The second-order valence-electron chi connectivity index (χ2n) is 7.53. The molecule has 0 saturated carbocycles. The van der Waals surface area contributed by atoms with Crippen LogP contribution >= 0.6 is 0 Å². The van der Waals surface area contributed by atoms with E-state index in [1.807, 2.05) is 18.2 Å². The van der Waals surface area contributed by atoms with Crippen LogP contribution in [-0.2, 0) is 9.53 Å². The van der Waals surface area contributed by atoms with Crippen molar-refractivity contribution in [1.82, 2.24) is 15.1 Å². The lowest BCUT2D eigenvalue weighted by molar-refractivity contribution is -0.124. The fourth-order valence-electron chi connectivity index (χ4n) is 4.05. The molecule has 5 heteroatoms. The first-order valence-corrected chi connectivity index (χ1v) is 9.45. The van der Waals surface area contributed by atoms with E-state index < -0.39 is 0 Å². The van der Waals surface area contributed by atoms with Crippen LogP contribution in [0.5, 0.6) is 0 Å². The van der Waals surface area contributed by atoms with Crippen LogP contribution < -0.4 is 5.32 Å². The number of benzene rings is 1. The summed E-state index contributed by atoms with van der Waals surface area (Å²) in [5.41, 5.74) is 1.23. The molecule has 0 aromatic heterocycles. The van der Waals surface area contributed by atoms with Crippen molar-refractivity contribution in [2.24, 2.45) is 5.92 Å². The highest BCUT2D eigenvalue weighted by Crippen LogP contribution is 2.28. The van der Waals surface area contributed by atoms with Gasteiger partial charge >= 0.3 is 0 Å². The monoisotopic (exact) mass is 345 g/mol. The third-order valence-corrected chi connectivity index (χ3v) is 5.47. The number of likely N-dealkylation sites (N-methyl/N-ethyl adjacent to an activating group) is 1. The largest absolute Gasteiger partial charge is 0.378 e. The molecule has 1 amide bonds. The van der Waals surface area contributed by atoms with Gasteiger partial charge in [-0.05, 0) is 44.8 Å². The first kappa shape index (κ1) is 18.4. The number of amides is 1. The quantitative estimate of drug-likeness (QED) is 0.855. The molecule has 3 unspecified atom stereocenters. The van der Waals surface area contributed by atoms with E-state index in [0.717, 1.165) is 32.5 Å². The van der Waals surface area contributed by atoms with Gasteiger partial charge in [0.05, 0.1) is 18.7 Å². The molecule has 2 fully saturated rings. The van der Waals surface area contributed by atoms with E-state index in [2.05, 4.69) is 41.3 Å². The highest BCUT2D eigenvalue weighted by atomic mass is 16.5. The third-order valence-electron chi connectivity index (χ3n) is 5.47. The van der Waals surface area contributed by atoms with Crippen LogP contribution in [0.25, 0.3) is 0 Å². The van der Waals surface area contributed by atoms with Crippen molar-refractivity contribution < 1.29 is 9.53 Å². The van der Waals surface area contributed by atoms with Crippen LogP contribution in [-0.4, -0.2) is 68.7 Å². The lowest BCUT2D eigenvalue weighted by Crippen LogP contribution is -2.49. The van der Waals surface area contributed by atoms with Crippen molar-refractivity contribution in [3.8, 4) is 0 Å². The maximum Gasteiger partial charge on any atom is 0.234 e. The smallest absolute Gasteiger partial charge is 0.234 e. The van der Waals surface area contributed by atoms with Crippen LogP contribution in [0.4, 0.5) is 0 Å². The van der Waals surface area contributed by atoms with E-state index >= 15 is 0 Å². The average Bonchev–Trinajstić information content (AvgIpc) is 2.62. The molecule has 1 N–H and O–H groups in total. The number of hydrogen-bond acceptors (Lipinski definition) is 4. The van der Waals surface area contributed by atoms with Gasteiger partial charge in [0.25, 0.3) is 0 Å². The number of hydrogen-bond donors (Lipinski definition) is 1. The lowest BCUT2D eigenvalue weighted by Gasteiger charge is -2.40. The SMILES string of the molecule is CN(C)C(CNC(=O)CN1CCC2OCCCC2C1)c1ccccc1. The van der Waals surface area contributed by atoms with E-state index in [0.29, 0.717) is 25.1 Å². The minimum Gasteiger partial charge on any atom is -0.378 e. The summed E-state index contributed by atoms with van der Waals surface area (Å²) in [5, 5.41) is 3.13.